The van der Waals surface area contributed by atoms with E-state index in [1.165, 1.54) is 12.1 Å². The normalized spacial score (nSPS) is 15.0. The predicted molar refractivity (Wildman–Crippen MR) is 82.6 cm³/mol. The molecule has 0 atom stereocenters. The Balaban J connectivity index is 1.76. The van der Waals surface area contributed by atoms with Crippen molar-refractivity contribution in [1.82, 2.24) is 19.7 Å². The molecule has 22 heavy (non-hydrogen) atoms. The number of hydrogen-bond acceptors (Lipinski definition) is 4. The molecule has 1 aromatic carbocycles. The van der Waals surface area contributed by atoms with Crippen LogP contribution in [0.3, 0.4) is 0 Å². The van der Waals surface area contributed by atoms with Crippen LogP contribution in [-0.4, -0.2) is 43.8 Å². The van der Waals surface area contributed by atoms with Crippen molar-refractivity contribution in [3.8, 4) is 5.75 Å². The first kappa shape index (κ1) is 15.1. The first-order valence-electron chi connectivity index (χ1n) is 6.74. The third kappa shape index (κ3) is 2.53. The van der Waals surface area contributed by atoms with Gasteiger partial charge in [-0.15, -0.1) is 0 Å². The van der Waals surface area contributed by atoms with E-state index in [1.54, 1.807) is 4.90 Å². The van der Waals surface area contributed by atoms with E-state index in [4.69, 9.17) is 23.2 Å². The standard InChI is InChI=1S/C14H14Cl2N4O2/c1-7-17-8(2)20(18-7)10-5-19(6-10)14(22)13-11(16)3-9(15)4-12(13)21/h3-4,10,21H,5-6H2,1-2H3. The van der Waals surface area contributed by atoms with Gasteiger partial charge in [0.05, 0.1) is 16.6 Å². The molecule has 0 radical (unpaired) electrons. The molecule has 3 rings (SSSR count). The number of amides is 1. The van der Waals surface area contributed by atoms with Gasteiger partial charge in [0.15, 0.2) is 0 Å². The van der Waals surface area contributed by atoms with E-state index < -0.39 is 0 Å². The zero-order chi connectivity index (χ0) is 16.0. The van der Waals surface area contributed by atoms with Crippen LogP contribution in [0.2, 0.25) is 10.0 Å². The van der Waals surface area contributed by atoms with E-state index in [-0.39, 0.29) is 33.3 Å². The number of carbonyl (C=O) groups is 1. The number of aromatic nitrogens is 3. The molecule has 2 aromatic rings. The lowest BCUT2D eigenvalue weighted by atomic mass is 10.1. The first-order valence-corrected chi connectivity index (χ1v) is 7.49. The van der Waals surface area contributed by atoms with Gasteiger partial charge in [0.1, 0.15) is 17.4 Å². The maximum Gasteiger partial charge on any atom is 0.259 e. The molecule has 1 aliphatic heterocycles. The zero-order valence-electron chi connectivity index (χ0n) is 12.0. The summed E-state index contributed by atoms with van der Waals surface area (Å²) in [5, 5.41) is 14.6. The van der Waals surface area contributed by atoms with Crippen LogP contribution in [0.5, 0.6) is 5.75 Å². The second-order valence-electron chi connectivity index (χ2n) is 5.30. The zero-order valence-corrected chi connectivity index (χ0v) is 13.6. The van der Waals surface area contributed by atoms with Crippen molar-refractivity contribution in [2.45, 2.75) is 19.9 Å². The summed E-state index contributed by atoms with van der Waals surface area (Å²) < 4.78 is 1.82. The number of aryl methyl sites for hydroxylation is 2. The van der Waals surface area contributed by atoms with Gasteiger partial charge in [0.2, 0.25) is 0 Å². The molecule has 1 fully saturated rings. The van der Waals surface area contributed by atoms with Gasteiger partial charge in [0.25, 0.3) is 5.91 Å². The molecule has 1 saturated heterocycles. The molecule has 0 unspecified atom stereocenters. The third-order valence-electron chi connectivity index (χ3n) is 3.65. The minimum Gasteiger partial charge on any atom is -0.507 e. The van der Waals surface area contributed by atoms with E-state index in [9.17, 15) is 9.90 Å². The minimum absolute atomic E-state index is 0.0796. The lowest BCUT2D eigenvalue weighted by molar-refractivity contribution is 0.0494. The van der Waals surface area contributed by atoms with Gasteiger partial charge < -0.3 is 10.0 Å². The fourth-order valence-electron chi connectivity index (χ4n) is 2.59. The van der Waals surface area contributed by atoms with Crippen LogP contribution >= 0.6 is 23.2 Å². The Morgan fingerprint density at radius 1 is 1.32 bits per heavy atom. The van der Waals surface area contributed by atoms with Crippen molar-refractivity contribution in [3.63, 3.8) is 0 Å². The molecule has 2 heterocycles. The summed E-state index contributed by atoms with van der Waals surface area (Å²) in [6.45, 7) is 4.71. The summed E-state index contributed by atoms with van der Waals surface area (Å²) in [6, 6.07) is 2.85. The lowest BCUT2D eigenvalue weighted by Gasteiger charge is -2.39. The van der Waals surface area contributed by atoms with Crippen LogP contribution in [0.25, 0.3) is 0 Å². The summed E-state index contributed by atoms with van der Waals surface area (Å²) in [4.78, 5) is 18.3. The predicted octanol–water partition coefficient (Wildman–Crippen LogP) is 2.60. The Kier molecular flexibility index (Phi) is 3.74. The molecule has 116 valence electrons. The molecular formula is C14H14Cl2N4O2. The minimum atomic E-state index is -0.315. The highest BCUT2D eigenvalue weighted by molar-refractivity contribution is 6.37. The number of carbonyl (C=O) groups excluding carboxylic acids is 1. The van der Waals surface area contributed by atoms with Crippen molar-refractivity contribution < 1.29 is 9.90 Å². The molecule has 6 nitrogen and oxygen atoms in total. The molecule has 1 aromatic heterocycles. The van der Waals surface area contributed by atoms with Crippen molar-refractivity contribution in [3.05, 3.63) is 39.4 Å². The van der Waals surface area contributed by atoms with E-state index in [0.717, 1.165) is 5.82 Å². The van der Waals surface area contributed by atoms with E-state index in [1.807, 2.05) is 18.5 Å². The van der Waals surface area contributed by atoms with Crippen molar-refractivity contribution in [1.29, 1.82) is 0 Å². The van der Waals surface area contributed by atoms with Gasteiger partial charge in [-0.3, -0.25) is 4.79 Å². The number of hydrogen-bond donors (Lipinski definition) is 1. The quantitative estimate of drug-likeness (QED) is 0.911. The summed E-state index contributed by atoms with van der Waals surface area (Å²) in [5.74, 6) is 1.01. The number of halogens is 2. The highest BCUT2D eigenvalue weighted by Gasteiger charge is 2.35. The average molecular weight is 341 g/mol. The SMILES string of the molecule is Cc1nc(C)n(C2CN(C(=O)c3c(O)cc(Cl)cc3Cl)C2)n1. The summed E-state index contributed by atoms with van der Waals surface area (Å²) in [6.07, 6.45) is 0. The summed E-state index contributed by atoms with van der Waals surface area (Å²) in [7, 11) is 0. The molecule has 0 saturated carbocycles. The number of aromatic hydroxyl groups is 1. The van der Waals surface area contributed by atoms with E-state index >= 15 is 0 Å². The lowest BCUT2D eigenvalue weighted by Crippen LogP contribution is -2.51. The highest BCUT2D eigenvalue weighted by Crippen LogP contribution is 2.33. The van der Waals surface area contributed by atoms with Crippen molar-refractivity contribution >= 4 is 29.1 Å². The molecule has 1 N–H and O–H groups in total. The van der Waals surface area contributed by atoms with Gasteiger partial charge in [-0.2, -0.15) is 5.10 Å². The van der Waals surface area contributed by atoms with Crippen LogP contribution in [0.4, 0.5) is 0 Å². The summed E-state index contributed by atoms with van der Waals surface area (Å²) in [5.41, 5.74) is 0.0796. The molecular weight excluding hydrogens is 327 g/mol. The maximum absolute atomic E-state index is 12.4. The van der Waals surface area contributed by atoms with Gasteiger partial charge >= 0.3 is 0 Å². The second kappa shape index (κ2) is 5.44. The van der Waals surface area contributed by atoms with Crippen LogP contribution < -0.4 is 0 Å². The Labute approximate surface area is 137 Å². The average Bonchev–Trinajstić information content (AvgIpc) is 2.65. The van der Waals surface area contributed by atoms with Crippen LogP contribution in [0.1, 0.15) is 28.0 Å². The highest BCUT2D eigenvalue weighted by atomic mass is 35.5. The van der Waals surface area contributed by atoms with Crippen molar-refractivity contribution in [2.24, 2.45) is 0 Å². The number of likely N-dealkylation sites (tertiary alicyclic amines) is 1. The fraction of sp³-hybridized carbons (Fsp3) is 0.357. The summed E-state index contributed by atoms with van der Waals surface area (Å²) >= 11 is 11.8. The van der Waals surface area contributed by atoms with Crippen LogP contribution in [0.15, 0.2) is 12.1 Å². The van der Waals surface area contributed by atoms with Gasteiger partial charge in [-0.1, -0.05) is 23.2 Å². The topological polar surface area (TPSA) is 71.2 Å². The number of phenols is 1. The van der Waals surface area contributed by atoms with Crippen molar-refractivity contribution in [2.75, 3.05) is 13.1 Å². The monoisotopic (exact) mass is 340 g/mol. The Bertz CT molecular complexity index is 730. The molecule has 0 bridgehead atoms. The van der Waals surface area contributed by atoms with Crippen LogP contribution in [-0.2, 0) is 0 Å². The van der Waals surface area contributed by atoms with E-state index in [0.29, 0.717) is 18.9 Å². The second-order valence-corrected chi connectivity index (χ2v) is 6.14. The molecule has 1 aliphatic rings. The first-order chi connectivity index (χ1) is 10.4. The maximum atomic E-state index is 12.4. The van der Waals surface area contributed by atoms with Gasteiger partial charge in [0, 0.05) is 18.1 Å². The fourth-order valence-corrected chi connectivity index (χ4v) is 3.15. The molecule has 8 heteroatoms. The van der Waals surface area contributed by atoms with Gasteiger partial charge in [-0.05, 0) is 26.0 Å². The number of nitrogens with zero attached hydrogens (tertiary/aromatic N) is 4. The largest absolute Gasteiger partial charge is 0.507 e. The molecule has 0 aliphatic carbocycles. The third-order valence-corrected chi connectivity index (χ3v) is 4.17. The number of phenolic OH excluding ortho intramolecular Hbond substituents is 1. The Hall–Kier alpha value is -1.79. The molecule has 1 amide bonds. The molecule has 0 spiro atoms. The Morgan fingerprint density at radius 2 is 2.00 bits per heavy atom. The van der Waals surface area contributed by atoms with Gasteiger partial charge in [-0.25, -0.2) is 9.67 Å². The van der Waals surface area contributed by atoms with Crippen LogP contribution in [0, 0.1) is 13.8 Å². The van der Waals surface area contributed by atoms with E-state index in [2.05, 4.69) is 10.1 Å². The number of benzene rings is 1. The Morgan fingerprint density at radius 3 is 2.55 bits per heavy atom. The number of rotatable bonds is 2. The smallest absolute Gasteiger partial charge is 0.259 e.